The molecule has 0 saturated carbocycles. The lowest BCUT2D eigenvalue weighted by Crippen LogP contribution is -2.46. The molecule has 0 heterocycles. The summed E-state index contributed by atoms with van der Waals surface area (Å²) in [5, 5.41) is 42.1. The monoisotopic (exact) mass is 450 g/mol. The summed E-state index contributed by atoms with van der Waals surface area (Å²) in [7, 11) is 0. The fraction of sp³-hybridized carbons (Fsp3) is 0.789. The van der Waals surface area contributed by atoms with Gasteiger partial charge in [-0.1, -0.05) is 32.0 Å². The van der Waals surface area contributed by atoms with Gasteiger partial charge in [-0.15, -0.1) is 0 Å². The number of aliphatic hydroxyl groups is 3. The molecule has 0 fully saturated rings. The van der Waals surface area contributed by atoms with Gasteiger partial charge < -0.3 is 31.1 Å². The molecule has 0 unspecified atom stereocenters. The van der Waals surface area contributed by atoms with Gasteiger partial charge in [0.2, 0.25) is 11.8 Å². The lowest BCUT2D eigenvalue weighted by molar-refractivity contribution is -0.138. The molecule has 2 amide bonds. The summed E-state index contributed by atoms with van der Waals surface area (Å²) in [6.07, 6.45) is -0.809. The lowest BCUT2D eigenvalue weighted by atomic mass is 9.87. The molecule has 0 rings (SSSR count). The number of carboxylic acid groups (broad SMARTS) is 1. The van der Waals surface area contributed by atoms with Crippen molar-refractivity contribution >= 4 is 34.7 Å². The summed E-state index contributed by atoms with van der Waals surface area (Å²) in [6.45, 7) is 3.00. The first-order chi connectivity index (χ1) is 14.0. The zero-order valence-electron chi connectivity index (χ0n) is 17.6. The number of carboxylic acids is 1. The smallest absolute Gasteiger partial charge is 0.303 e. The van der Waals surface area contributed by atoms with Crippen LogP contribution in [0, 0.1) is 5.41 Å². The molecule has 0 radical (unpaired) electrons. The van der Waals surface area contributed by atoms with Gasteiger partial charge in [0, 0.05) is 43.5 Å². The minimum absolute atomic E-state index is 0.00564. The number of carbonyl (C=O) groups excluding carboxylic acids is 3. The summed E-state index contributed by atoms with van der Waals surface area (Å²) in [5.41, 5.74) is -0.984. The molecule has 0 bridgehead atoms. The predicted octanol–water partition coefficient (Wildman–Crippen LogP) is -0.356. The van der Waals surface area contributed by atoms with Gasteiger partial charge in [0.05, 0.1) is 12.7 Å². The van der Waals surface area contributed by atoms with Crippen LogP contribution in [0.25, 0.3) is 0 Å². The highest BCUT2D eigenvalue weighted by Gasteiger charge is 2.32. The Morgan fingerprint density at radius 2 is 1.67 bits per heavy atom. The van der Waals surface area contributed by atoms with Gasteiger partial charge in [0.25, 0.3) is 0 Å². The molecule has 0 saturated heterocycles. The quantitative estimate of drug-likeness (QED) is 0.172. The van der Waals surface area contributed by atoms with Crippen LogP contribution >= 0.6 is 11.8 Å². The Hall–Kier alpha value is -1.69. The average Bonchev–Trinajstić information content (AvgIpc) is 2.67. The zero-order valence-corrected chi connectivity index (χ0v) is 18.4. The first-order valence-electron chi connectivity index (χ1n) is 9.88. The second kappa shape index (κ2) is 15.2. The highest BCUT2D eigenvalue weighted by molar-refractivity contribution is 8.13. The van der Waals surface area contributed by atoms with Crippen LogP contribution < -0.4 is 10.6 Å². The van der Waals surface area contributed by atoms with Gasteiger partial charge >= 0.3 is 5.97 Å². The van der Waals surface area contributed by atoms with E-state index in [0.717, 1.165) is 11.8 Å². The number of aliphatic hydroxyl groups excluding tert-OH is 3. The number of rotatable bonds is 16. The molecule has 174 valence electrons. The molecule has 0 aliphatic heterocycles. The van der Waals surface area contributed by atoms with E-state index in [9.17, 15) is 29.4 Å². The molecule has 0 aromatic heterocycles. The lowest BCUT2D eigenvalue weighted by Gasteiger charge is -2.27. The largest absolute Gasteiger partial charge is 0.481 e. The van der Waals surface area contributed by atoms with Crippen LogP contribution in [0.15, 0.2) is 0 Å². The average molecular weight is 451 g/mol. The van der Waals surface area contributed by atoms with Crippen molar-refractivity contribution in [1.82, 2.24) is 10.6 Å². The standard InChI is InChI=1S/C19H34N2O8S/c1-19(2,12-22)17(28)18(29)21-8-7-14(24)20-9-10-30-16(27)11-13(23)5-3-4-6-15(25)26/h13,17,22-23,28H,3-12H2,1-2H3,(H,20,24)(H,21,29)(H,25,26)/t13-,17+/m1/s1. The van der Waals surface area contributed by atoms with E-state index in [-0.39, 0.29) is 50.0 Å². The highest BCUT2D eigenvalue weighted by atomic mass is 32.2. The minimum atomic E-state index is -1.39. The first-order valence-corrected chi connectivity index (χ1v) is 10.9. The Kier molecular flexibility index (Phi) is 14.3. The van der Waals surface area contributed by atoms with E-state index in [4.69, 9.17) is 10.2 Å². The molecular weight excluding hydrogens is 416 g/mol. The Bertz CT molecular complexity index is 571. The van der Waals surface area contributed by atoms with Crippen LogP contribution in [0.4, 0.5) is 0 Å². The molecule has 0 aliphatic carbocycles. The predicted molar refractivity (Wildman–Crippen MR) is 112 cm³/mol. The van der Waals surface area contributed by atoms with E-state index in [1.807, 2.05) is 0 Å². The molecule has 0 aromatic carbocycles. The second-order valence-electron chi connectivity index (χ2n) is 7.66. The number of aliphatic carboxylic acids is 1. The Balaban J connectivity index is 3.83. The normalized spacial score (nSPS) is 13.4. The topological polar surface area (TPSA) is 173 Å². The van der Waals surface area contributed by atoms with Crippen LogP contribution in [0.1, 0.15) is 52.4 Å². The van der Waals surface area contributed by atoms with Crippen LogP contribution in [0.5, 0.6) is 0 Å². The van der Waals surface area contributed by atoms with Crippen molar-refractivity contribution in [2.45, 2.75) is 64.6 Å². The number of thioether (sulfide) groups is 1. The van der Waals surface area contributed by atoms with Gasteiger partial charge in [0.1, 0.15) is 6.10 Å². The van der Waals surface area contributed by atoms with Gasteiger partial charge in [-0.25, -0.2) is 0 Å². The van der Waals surface area contributed by atoms with Crippen molar-refractivity contribution in [1.29, 1.82) is 0 Å². The van der Waals surface area contributed by atoms with Gasteiger partial charge in [0.15, 0.2) is 5.12 Å². The Labute approximate surface area is 180 Å². The summed E-state index contributed by atoms with van der Waals surface area (Å²) < 4.78 is 0. The van der Waals surface area contributed by atoms with Crippen LogP contribution in [0.2, 0.25) is 0 Å². The van der Waals surface area contributed by atoms with Crippen molar-refractivity contribution in [3.8, 4) is 0 Å². The molecule has 0 aliphatic rings. The van der Waals surface area contributed by atoms with E-state index in [2.05, 4.69) is 10.6 Å². The van der Waals surface area contributed by atoms with E-state index >= 15 is 0 Å². The second-order valence-corrected chi connectivity index (χ2v) is 8.81. The Morgan fingerprint density at radius 3 is 2.27 bits per heavy atom. The van der Waals surface area contributed by atoms with E-state index < -0.39 is 29.5 Å². The van der Waals surface area contributed by atoms with Crippen molar-refractivity contribution in [3.63, 3.8) is 0 Å². The summed E-state index contributed by atoms with van der Waals surface area (Å²) in [6, 6.07) is 0. The maximum atomic E-state index is 11.8. The highest BCUT2D eigenvalue weighted by Crippen LogP contribution is 2.19. The third-order valence-electron chi connectivity index (χ3n) is 4.31. The fourth-order valence-electron chi connectivity index (χ4n) is 2.29. The maximum absolute atomic E-state index is 11.8. The third kappa shape index (κ3) is 13.5. The molecular formula is C19H34N2O8S. The van der Waals surface area contributed by atoms with Crippen molar-refractivity contribution in [3.05, 3.63) is 0 Å². The van der Waals surface area contributed by atoms with Gasteiger partial charge in [-0.05, 0) is 12.8 Å². The number of amides is 2. The number of carbonyl (C=O) groups is 4. The van der Waals surface area contributed by atoms with Gasteiger partial charge in [-0.3, -0.25) is 19.2 Å². The number of hydrogen-bond acceptors (Lipinski definition) is 8. The van der Waals surface area contributed by atoms with Crippen LogP contribution in [-0.2, 0) is 19.2 Å². The number of nitrogens with one attached hydrogen (secondary N) is 2. The summed E-state index contributed by atoms with van der Waals surface area (Å²) >= 11 is 0.994. The van der Waals surface area contributed by atoms with Crippen molar-refractivity contribution < 1.29 is 39.6 Å². The number of unbranched alkanes of at least 4 members (excludes halogenated alkanes) is 1. The summed E-state index contributed by atoms with van der Waals surface area (Å²) in [4.78, 5) is 45.7. The van der Waals surface area contributed by atoms with Crippen molar-refractivity contribution in [2.75, 3.05) is 25.4 Å². The van der Waals surface area contributed by atoms with E-state index in [0.29, 0.717) is 25.0 Å². The maximum Gasteiger partial charge on any atom is 0.303 e. The van der Waals surface area contributed by atoms with Crippen LogP contribution in [0.3, 0.4) is 0 Å². The number of hydrogen-bond donors (Lipinski definition) is 6. The molecule has 10 nitrogen and oxygen atoms in total. The fourth-order valence-corrected chi connectivity index (χ4v) is 3.03. The Morgan fingerprint density at radius 1 is 1.00 bits per heavy atom. The molecule has 6 N–H and O–H groups in total. The molecule has 2 atom stereocenters. The van der Waals surface area contributed by atoms with Crippen molar-refractivity contribution in [2.24, 2.45) is 5.41 Å². The van der Waals surface area contributed by atoms with E-state index in [1.54, 1.807) is 13.8 Å². The molecule has 11 heteroatoms. The third-order valence-corrected chi connectivity index (χ3v) is 5.21. The minimum Gasteiger partial charge on any atom is -0.481 e. The zero-order chi connectivity index (χ0) is 23.2. The van der Waals surface area contributed by atoms with Gasteiger partial charge in [-0.2, -0.15) is 0 Å². The molecule has 0 aromatic rings. The summed E-state index contributed by atoms with van der Waals surface area (Å²) in [5.74, 6) is -1.53. The molecule has 30 heavy (non-hydrogen) atoms. The van der Waals surface area contributed by atoms with Crippen LogP contribution in [-0.4, -0.2) is 81.0 Å². The molecule has 0 spiro atoms. The van der Waals surface area contributed by atoms with E-state index in [1.165, 1.54) is 0 Å². The SMILES string of the molecule is CC(C)(CO)[C@@H](O)C(=O)NCCC(=O)NCCSC(=O)C[C@H](O)CCCCC(=O)O. The first kappa shape index (κ1) is 28.3.